The summed E-state index contributed by atoms with van der Waals surface area (Å²) in [6, 6.07) is 4.28. The molecule has 0 unspecified atom stereocenters. The summed E-state index contributed by atoms with van der Waals surface area (Å²) in [6.07, 6.45) is 0. The fourth-order valence-electron chi connectivity index (χ4n) is 2.41. The highest BCUT2D eigenvalue weighted by molar-refractivity contribution is 5.79. The summed E-state index contributed by atoms with van der Waals surface area (Å²) >= 11 is 0. The number of hydrogen-bond acceptors (Lipinski definition) is 3. The lowest BCUT2D eigenvalue weighted by atomic mass is 10.2. The molecular weight excluding hydrogens is 309 g/mol. The summed E-state index contributed by atoms with van der Waals surface area (Å²) in [7, 11) is 1.92. The molecule has 1 heterocycles. The summed E-state index contributed by atoms with van der Waals surface area (Å²) in [5, 5.41) is 20.1. The lowest BCUT2D eigenvalue weighted by Crippen LogP contribution is -2.37. The Labute approximate surface area is 141 Å². The first-order chi connectivity index (χ1) is 11.4. The van der Waals surface area contributed by atoms with Crippen LogP contribution >= 0.6 is 0 Å². The maximum Gasteiger partial charge on any atom is 0.191 e. The molecule has 0 aliphatic heterocycles. The van der Waals surface area contributed by atoms with Gasteiger partial charge in [-0.25, -0.2) is 9.38 Å². The number of phenols is 1. The molecule has 0 amide bonds. The lowest BCUT2D eigenvalue weighted by Gasteiger charge is -2.12. The number of nitrogens with one attached hydrogen (secondary N) is 2. The first-order valence-corrected chi connectivity index (χ1v) is 7.91. The van der Waals surface area contributed by atoms with Gasteiger partial charge in [0.15, 0.2) is 17.5 Å². The van der Waals surface area contributed by atoms with Crippen molar-refractivity contribution in [1.29, 1.82) is 0 Å². The molecule has 0 radical (unpaired) electrons. The number of guanidine groups is 1. The average molecular weight is 333 g/mol. The monoisotopic (exact) mass is 333 g/mol. The van der Waals surface area contributed by atoms with E-state index in [0.29, 0.717) is 24.6 Å². The minimum Gasteiger partial charge on any atom is -0.505 e. The largest absolute Gasteiger partial charge is 0.505 e. The molecule has 0 spiro atoms. The summed E-state index contributed by atoms with van der Waals surface area (Å²) in [4.78, 5) is 4.45. The third-order valence-corrected chi connectivity index (χ3v) is 3.87. The highest BCUT2D eigenvalue weighted by atomic mass is 19.1. The maximum atomic E-state index is 13.4. The van der Waals surface area contributed by atoms with E-state index in [2.05, 4.69) is 20.7 Å². The Kier molecular flexibility index (Phi) is 5.78. The third-order valence-electron chi connectivity index (χ3n) is 3.87. The lowest BCUT2D eigenvalue weighted by molar-refractivity contribution is 0.432. The van der Waals surface area contributed by atoms with Gasteiger partial charge in [0.25, 0.3) is 0 Å². The zero-order valence-electron chi connectivity index (χ0n) is 14.5. The van der Waals surface area contributed by atoms with E-state index in [-0.39, 0.29) is 5.75 Å². The number of phenolic OH excluding ortho intramolecular Hbond substituents is 1. The van der Waals surface area contributed by atoms with Gasteiger partial charge in [-0.3, -0.25) is 4.68 Å². The molecule has 0 saturated carbocycles. The van der Waals surface area contributed by atoms with Crippen LogP contribution in [0.4, 0.5) is 4.39 Å². The summed E-state index contributed by atoms with van der Waals surface area (Å²) in [6.45, 7) is 7.64. The molecular formula is C17H24FN5O. The molecule has 130 valence electrons. The van der Waals surface area contributed by atoms with Crippen LogP contribution in [0.2, 0.25) is 0 Å². The maximum absolute atomic E-state index is 13.4. The number of rotatable bonds is 5. The third kappa shape index (κ3) is 4.24. The van der Waals surface area contributed by atoms with Gasteiger partial charge in [0.05, 0.1) is 12.2 Å². The molecule has 2 rings (SSSR count). The van der Waals surface area contributed by atoms with Crippen LogP contribution < -0.4 is 10.6 Å². The van der Waals surface area contributed by atoms with Crippen molar-refractivity contribution in [2.75, 3.05) is 6.54 Å². The van der Waals surface area contributed by atoms with Gasteiger partial charge in [0.2, 0.25) is 0 Å². The molecule has 0 bridgehead atoms. The Morgan fingerprint density at radius 1 is 1.33 bits per heavy atom. The predicted molar refractivity (Wildman–Crippen MR) is 92.4 cm³/mol. The van der Waals surface area contributed by atoms with E-state index in [9.17, 15) is 9.50 Å². The first kappa shape index (κ1) is 17.8. The summed E-state index contributed by atoms with van der Waals surface area (Å²) in [5.74, 6) is -0.341. The first-order valence-electron chi connectivity index (χ1n) is 7.91. The van der Waals surface area contributed by atoms with E-state index >= 15 is 0 Å². The minimum atomic E-state index is -0.637. The zero-order chi connectivity index (χ0) is 17.7. The molecule has 7 heteroatoms. The number of halogens is 1. The van der Waals surface area contributed by atoms with Crippen molar-refractivity contribution in [3.05, 3.63) is 46.5 Å². The Morgan fingerprint density at radius 3 is 2.67 bits per heavy atom. The van der Waals surface area contributed by atoms with Crippen molar-refractivity contribution in [3.8, 4) is 5.75 Å². The van der Waals surface area contributed by atoms with Crippen LogP contribution in [-0.2, 0) is 20.1 Å². The second kappa shape index (κ2) is 7.81. The highest BCUT2D eigenvalue weighted by Gasteiger charge is 2.09. The van der Waals surface area contributed by atoms with Gasteiger partial charge in [-0.15, -0.1) is 0 Å². The molecule has 3 N–H and O–H groups in total. The van der Waals surface area contributed by atoms with Crippen LogP contribution in [0.1, 0.15) is 29.4 Å². The number of aromatic hydroxyl groups is 1. The van der Waals surface area contributed by atoms with E-state index in [1.165, 1.54) is 12.1 Å². The van der Waals surface area contributed by atoms with Crippen molar-refractivity contribution < 1.29 is 9.50 Å². The van der Waals surface area contributed by atoms with Gasteiger partial charge in [-0.2, -0.15) is 5.10 Å². The fourth-order valence-corrected chi connectivity index (χ4v) is 2.41. The van der Waals surface area contributed by atoms with E-state index in [1.54, 1.807) is 6.07 Å². The quantitative estimate of drug-likeness (QED) is 0.579. The van der Waals surface area contributed by atoms with Crippen LogP contribution in [0.5, 0.6) is 5.75 Å². The topological polar surface area (TPSA) is 74.5 Å². The van der Waals surface area contributed by atoms with Crippen molar-refractivity contribution in [2.45, 2.75) is 33.9 Å². The zero-order valence-corrected chi connectivity index (χ0v) is 14.5. The molecule has 24 heavy (non-hydrogen) atoms. The van der Waals surface area contributed by atoms with E-state index in [4.69, 9.17) is 0 Å². The number of benzene rings is 1. The normalized spacial score (nSPS) is 11.6. The van der Waals surface area contributed by atoms with Crippen molar-refractivity contribution >= 4 is 5.96 Å². The van der Waals surface area contributed by atoms with Gasteiger partial charge < -0.3 is 15.7 Å². The van der Waals surface area contributed by atoms with Crippen LogP contribution in [0.15, 0.2) is 23.2 Å². The minimum absolute atomic E-state index is 0.317. The molecule has 1 aromatic carbocycles. The number of aryl methyl sites for hydroxylation is 2. The number of aliphatic imine (C=N–C) groups is 1. The van der Waals surface area contributed by atoms with Crippen LogP contribution in [0.3, 0.4) is 0 Å². The second-order valence-corrected chi connectivity index (χ2v) is 5.61. The second-order valence-electron chi connectivity index (χ2n) is 5.61. The summed E-state index contributed by atoms with van der Waals surface area (Å²) < 4.78 is 15.2. The molecule has 6 nitrogen and oxygen atoms in total. The van der Waals surface area contributed by atoms with Crippen molar-refractivity contribution in [2.24, 2.45) is 12.0 Å². The molecule has 0 fully saturated rings. The highest BCUT2D eigenvalue weighted by Crippen LogP contribution is 2.16. The Bertz CT molecular complexity index is 739. The smallest absolute Gasteiger partial charge is 0.191 e. The van der Waals surface area contributed by atoms with Gasteiger partial charge in [-0.1, -0.05) is 6.07 Å². The van der Waals surface area contributed by atoms with Gasteiger partial charge in [0.1, 0.15) is 0 Å². The Balaban J connectivity index is 2.06. The van der Waals surface area contributed by atoms with Crippen molar-refractivity contribution in [1.82, 2.24) is 20.4 Å². The average Bonchev–Trinajstić information content (AvgIpc) is 2.78. The van der Waals surface area contributed by atoms with E-state index in [1.807, 2.05) is 32.5 Å². The number of hydrogen-bond donors (Lipinski definition) is 3. The Morgan fingerprint density at radius 2 is 2.08 bits per heavy atom. The fraction of sp³-hybridized carbons (Fsp3) is 0.412. The number of nitrogens with zero attached hydrogens (tertiary/aromatic N) is 3. The van der Waals surface area contributed by atoms with E-state index in [0.717, 1.165) is 23.5 Å². The predicted octanol–water partition coefficient (Wildman–Crippen LogP) is 2.14. The van der Waals surface area contributed by atoms with Crippen molar-refractivity contribution in [3.63, 3.8) is 0 Å². The van der Waals surface area contributed by atoms with Gasteiger partial charge in [-0.05, 0) is 38.5 Å². The molecule has 2 aromatic rings. The van der Waals surface area contributed by atoms with Crippen LogP contribution in [0.25, 0.3) is 0 Å². The SMILES string of the molecule is CCNC(=NCc1ccc(O)c(F)c1)NCc1c(C)nn(C)c1C. The molecule has 0 aliphatic rings. The standard InChI is InChI=1S/C17H24FN5O/c1-5-19-17(20-9-13-6-7-16(24)15(18)8-13)21-10-14-11(2)22-23(4)12(14)3/h6-8,24H,5,9-10H2,1-4H3,(H2,19,20,21). The van der Waals surface area contributed by atoms with E-state index < -0.39 is 5.82 Å². The van der Waals surface area contributed by atoms with Gasteiger partial charge in [0, 0.05) is 31.4 Å². The summed E-state index contributed by atoms with van der Waals surface area (Å²) in [5.41, 5.74) is 3.92. The molecule has 0 aliphatic carbocycles. The molecule has 1 aromatic heterocycles. The number of aromatic nitrogens is 2. The molecule has 0 saturated heterocycles. The molecule has 0 atom stereocenters. The van der Waals surface area contributed by atoms with Crippen LogP contribution in [0, 0.1) is 19.7 Å². The Hall–Kier alpha value is -2.57. The van der Waals surface area contributed by atoms with Crippen LogP contribution in [-0.4, -0.2) is 27.4 Å². The van der Waals surface area contributed by atoms with Gasteiger partial charge >= 0.3 is 0 Å².